The summed E-state index contributed by atoms with van der Waals surface area (Å²) < 4.78 is 5.71. The summed E-state index contributed by atoms with van der Waals surface area (Å²) in [6.45, 7) is 4.34. The van der Waals surface area contributed by atoms with Crippen LogP contribution in [0.4, 0.5) is 5.69 Å². The summed E-state index contributed by atoms with van der Waals surface area (Å²) in [5, 5.41) is 6.00. The Morgan fingerprint density at radius 3 is 2.56 bits per heavy atom. The summed E-state index contributed by atoms with van der Waals surface area (Å²) in [5.41, 5.74) is 1.22. The van der Waals surface area contributed by atoms with Crippen LogP contribution in [0.25, 0.3) is 0 Å². The zero-order chi connectivity index (χ0) is 17.1. The number of amides is 2. The molecule has 1 aliphatic heterocycles. The molecule has 2 N–H and O–H groups in total. The third-order valence-corrected chi connectivity index (χ3v) is 4.38. The van der Waals surface area contributed by atoms with Gasteiger partial charge in [0.25, 0.3) is 11.8 Å². The average Bonchev–Trinajstić information content (AvgIpc) is 3.02. The van der Waals surface area contributed by atoms with Gasteiger partial charge < -0.3 is 20.0 Å². The molecule has 1 aromatic carbocycles. The molecule has 1 atom stereocenters. The number of furan rings is 1. The maximum absolute atomic E-state index is 12.6. The number of anilines is 1. The first-order valence-electron chi connectivity index (χ1n) is 7.73. The molecule has 2 heterocycles. The summed E-state index contributed by atoms with van der Waals surface area (Å²) in [5.74, 6) is -0.107. The molecule has 3 rings (SSSR count). The van der Waals surface area contributed by atoms with Gasteiger partial charge in [-0.1, -0.05) is 0 Å². The van der Waals surface area contributed by atoms with E-state index in [9.17, 15) is 9.59 Å². The van der Waals surface area contributed by atoms with E-state index in [0.29, 0.717) is 22.5 Å². The lowest BCUT2D eigenvalue weighted by atomic mass is 10.1. The topological polar surface area (TPSA) is 74.6 Å². The van der Waals surface area contributed by atoms with Gasteiger partial charge in [-0.25, -0.2) is 0 Å². The quantitative estimate of drug-likeness (QED) is 0.787. The number of benzene rings is 1. The molecule has 0 spiro atoms. The molecule has 0 saturated carbocycles. The fraction of sp³-hybridized carbons (Fsp3) is 0.294. The van der Waals surface area contributed by atoms with Gasteiger partial charge >= 0.3 is 0 Å². The Labute approximate surface area is 160 Å². The number of piperazine rings is 1. The van der Waals surface area contributed by atoms with E-state index in [1.54, 1.807) is 36.4 Å². The summed E-state index contributed by atoms with van der Waals surface area (Å²) in [4.78, 5) is 26.5. The van der Waals surface area contributed by atoms with Crippen molar-refractivity contribution >= 4 is 45.8 Å². The molecule has 134 valence electrons. The Morgan fingerprint density at radius 2 is 1.96 bits per heavy atom. The van der Waals surface area contributed by atoms with Gasteiger partial charge in [0, 0.05) is 36.9 Å². The molecule has 6 nitrogen and oxygen atoms in total. The normalized spacial score (nSPS) is 16.9. The number of hydrogen-bond donors (Lipinski definition) is 2. The van der Waals surface area contributed by atoms with Crippen molar-refractivity contribution in [2.45, 2.75) is 13.0 Å². The largest absolute Gasteiger partial charge is 0.444 e. The van der Waals surface area contributed by atoms with Crippen LogP contribution in [0.2, 0.25) is 0 Å². The fourth-order valence-electron chi connectivity index (χ4n) is 2.63. The minimum atomic E-state index is -0.337. The van der Waals surface area contributed by atoms with E-state index in [0.717, 1.165) is 13.1 Å². The van der Waals surface area contributed by atoms with Crippen molar-refractivity contribution in [2.24, 2.45) is 0 Å². The zero-order valence-corrected chi connectivity index (χ0v) is 16.0. The first kappa shape index (κ1) is 19.5. The molecule has 1 unspecified atom stereocenters. The predicted octanol–water partition coefficient (Wildman–Crippen LogP) is 3.15. The second-order valence-electron chi connectivity index (χ2n) is 5.69. The maximum atomic E-state index is 12.6. The number of halogens is 2. The molecule has 2 amide bonds. The molecular weight excluding hydrogens is 410 g/mol. The number of hydrogen-bond acceptors (Lipinski definition) is 4. The molecule has 25 heavy (non-hydrogen) atoms. The van der Waals surface area contributed by atoms with Crippen LogP contribution in [0.5, 0.6) is 0 Å². The molecule has 1 saturated heterocycles. The Bertz CT molecular complexity index is 748. The van der Waals surface area contributed by atoms with Crippen molar-refractivity contribution < 1.29 is 14.0 Å². The van der Waals surface area contributed by atoms with Crippen molar-refractivity contribution in [1.82, 2.24) is 10.2 Å². The van der Waals surface area contributed by atoms with Gasteiger partial charge in [-0.2, -0.15) is 0 Å². The van der Waals surface area contributed by atoms with Crippen LogP contribution in [-0.4, -0.2) is 42.4 Å². The van der Waals surface area contributed by atoms with Crippen LogP contribution >= 0.6 is 28.3 Å². The van der Waals surface area contributed by atoms with Crippen molar-refractivity contribution in [3.63, 3.8) is 0 Å². The molecule has 0 aliphatic carbocycles. The Hall–Kier alpha value is -1.83. The van der Waals surface area contributed by atoms with E-state index in [-0.39, 0.29) is 36.0 Å². The van der Waals surface area contributed by atoms with Crippen molar-refractivity contribution in [3.05, 3.63) is 52.4 Å². The first-order valence-corrected chi connectivity index (χ1v) is 8.52. The van der Waals surface area contributed by atoms with E-state index >= 15 is 0 Å². The third kappa shape index (κ3) is 4.62. The predicted molar refractivity (Wildman–Crippen MR) is 101 cm³/mol. The second-order valence-corrected chi connectivity index (χ2v) is 6.47. The van der Waals surface area contributed by atoms with Crippen LogP contribution in [0.15, 0.2) is 45.5 Å². The van der Waals surface area contributed by atoms with Crippen LogP contribution in [-0.2, 0) is 0 Å². The van der Waals surface area contributed by atoms with Gasteiger partial charge in [0.15, 0.2) is 10.4 Å². The SMILES string of the molecule is CC1CNCCN1C(=O)c1ccc(NC(=O)c2ccc(Br)o2)cc1.Cl. The highest BCUT2D eigenvalue weighted by Gasteiger charge is 2.23. The number of carbonyl (C=O) groups excluding carboxylic acids is 2. The fourth-order valence-corrected chi connectivity index (χ4v) is 2.94. The minimum absolute atomic E-state index is 0. The molecule has 1 fully saturated rings. The summed E-state index contributed by atoms with van der Waals surface area (Å²) in [6, 6.07) is 10.3. The number of rotatable bonds is 3. The zero-order valence-electron chi connectivity index (χ0n) is 13.6. The molecule has 2 aromatic rings. The van der Waals surface area contributed by atoms with Crippen molar-refractivity contribution in [3.8, 4) is 0 Å². The smallest absolute Gasteiger partial charge is 0.291 e. The van der Waals surface area contributed by atoms with Crippen LogP contribution in [0, 0.1) is 0 Å². The third-order valence-electron chi connectivity index (χ3n) is 3.95. The van der Waals surface area contributed by atoms with Gasteiger partial charge in [-0.15, -0.1) is 12.4 Å². The van der Waals surface area contributed by atoms with E-state index in [1.165, 1.54) is 0 Å². The van der Waals surface area contributed by atoms with Gasteiger partial charge in [0.1, 0.15) is 0 Å². The summed E-state index contributed by atoms with van der Waals surface area (Å²) in [7, 11) is 0. The molecule has 1 aliphatic rings. The molecule has 0 bridgehead atoms. The van der Waals surface area contributed by atoms with Crippen molar-refractivity contribution in [2.75, 3.05) is 25.0 Å². The lowest BCUT2D eigenvalue weighted by Gasteiger charge is -2.34. The number of carbonyl (C=O) groups is 2. The molecule has 0 radical (unpaired) electrons. The van der Waals surface area contributed by atoms with E-state index < -0.39 is 0 Å². The lowest BCUT2D eigenvalue weighted by Crippen LogP contribution is -2.52. The Kier molecular flexibility index (Phi) is 6.64. The Balaban J connectivity index is 0.00000225. The van der Waals surface area contributed by atoms with Crippen LogP contribution in [0.3, 0.4) is 0 Å². The van der Waals surface area contributed by atoms with Gasteiger partial charge in [0.2, 0.25) is 0 Å². The first-order chi connectivity index (χ1) is 11.5. The minimum Gasteiger partial charge on any atom is -0.444 e. The number of nitrogens with one attached hydrogen (secondary N) is 2. The van der Waals surface area contributed by atoms with E-state index in [4.69, 9.17) is 4.42 Å². The highest BCUT2D eigenvalue weighted by molar-refractivity contribution is 9.10. The highest BCUT2D eigenvalue weighted by atomic mass is 79.9. The second kappa shape index (κ2) is 8.51. The summed E-state index contributed by atoms with van der Waals surface area (Å²) >= 11 is 3.16. The average molecular weight is 429 g/mol. The lowest BCUT2D eigenvalue weighted by molar-refractivity contribution is 0.0655. The van der Waals surface area contributed by atoms with Gasteiger partial charge in [-0.05, 0) is 59.3 Å². The molecular formula is C17H19BrClN3O3. The maximum Gasteiger partial charge on any atom is 0.291 e. The van der Waals surface area contributed by atoms with Gasteiger partial charge in [-0.3, -0.25) is 9.59 Å². The van der Waals surface area contributed by atoms with E-state index in [2.05, 4.69) is 26.6 Å². The van der Waals surface area contributed by atoms with Crippen LogP contribution in [0.1, 0.15) is 27.8 Å². The highest BCUT2D eigenvalue weighted by Crippen LogP contribution is 2.17. The monoisotopic (exact) mass is 427 g/mol. The molecule has 8 heteroatoms. The van der Waals surface area contributed by atoms with E-state index in [1.807, 2.05) is 11.8 Å². The molecule has 1 aromatic heterocycles. The van der Waals surface area contributed by atoms with Crippen molar-refractivity contribution in [1.29, 1.82) is 0 Å². The van der Waals surface area contributed by atoms with Gasteiger partial charge in [0.05, 0.1) is 0 Å². The van der Waals surface area contributed by atoms with Crippen LogP contribution < -0.4 is 10.6 Å². The number of nitrogens with zero attached hydrogens (tertiary/aromatic N) is 1. The Morgan fingerprint density at radius 1 is 1.24 bits per heavy atom. The standard InChI is InChI=1S/C17H18BrN3O3.ClH/c1-11-10-19-8-9-21(11)17(23)12-2-4-13(5-3-12)20-16(22)14-6-7-15(18)24-14;/h2-7,11,19H,8-10H2,1H3,(H,20,22);1H. The summed E-state index contributed by atoms with van der Waals surface area (Å²) in [6.07, 6.45) is 0.